The summed E-state index contributed by atoms with van der Waals surface area (Å²) in [5, 5.41) is 0.893. The van der Waals surface area contributed by atoms with Gasteiger partial charge in [0, 0.05) is 36.4 Å². The van der Waals surface area contributed by atoms with Crippen LogP contribution in [-0.4, -0.2) is 51.9 Å². The Morgan fingerprint density at radius 2 is 1.93 bits per heavy atom. The molecule has 1 amide bonds. The van der Waals surface area contributed by atoms with Gasteiger partial charge in [-0.15, -0.1) is 11.3 Å². The largest absolute Gasteiger partial charge is 0.383 e. The van der Waals surface area contributed by atoms with Crippen molar-refractivity contribution in [2.75, 3.05) is 31.9 Å². The van der Waals surface area contributed by atoms with Crippen molar-refractivity contribution in [3.8, 4) is 0 Å². The number of para-hydroxylation sites is 1. The monoisotopic (exact) mass is 393 g/mol. The Balaban J connectivity index is 1.23. The zero-order valence-electron chi connectivity index (χ0n) is 15.7. The highest BCUT2D eigenvalue weighted by molar-refractivity contribution is 7.14. The van der Waals surface area contributed by atoms with Gasteiger partial charge in [-0.05, 0) is 43.0 Å². The summed E-state index contributed by atoms with van der Waals surface area (Å²) < 4.78 is 0. The van der Waals surface area contributed by atoms with Crippen LogP contribution in [0.2, 0.25) is 0 Å². The number of hydrogen-bond donors (Lipinski definition) is 1. The SMILES string of the molecule is Nc1nc(CN2CCN(C(=O)c3cc4c(s3)CCC4)CC2)nc2ccccc12. The van der Waals surface area contributed by atoms with Gasteiger partial charge in [0.2, 0.25) is 0 Å². The molecule has 0 bridgehead atoms. The van der Waals surface area contributed by atoms with E-state index < -0.39 is 0 Å². The number of nitrogens with zero attached hydrogens (tertiary/aromatic N) is 4. The Morgan fingerprint density at radius 3 is 2.75 bits per heavy atom. The Kier molecular flexibility index (Phi) is 4.49. The summed E-state index contributed by atoms with van der Waals surface area (Å²) in [6.07, 6.45) is 3.49. The lowest BCUT2D eigenvalue weighted by molar-refractivity contribution is 0.0630. The summed E-state index contributed by atoms with van der Waals surface area (Å²) >= 11 is 1.69. The van der Waals surface area contributed by atoms with Crippen LogP contribution < -0.4 is 5.73 Å². The fraction of sp³-hybridized carbons (Fsp3) is 0.381. The minimum absolute atomic E-state index is 0.185. The first-order valence-corrected chi connectivity index (χ1v) is 10.6. The summed E-state index contributed by atoms with van der Waals surface area (Å²) in [6, 6.07) is 9.93. The van der Waals surface area contributed by atoms with Gasteiger partial charge in [-0.1, -0.05) is 12.1 Å². The predicted molar refractivity (Wildman–Crippen MR) is 111 cm³/mol. The molecule has 0 atom stereocenters. The van der Waals surface area contributed by atoms with E-state index >= 15 is 0 Å². The molecule has 1 aromatic carbocycles. The molecule has 7 heteroatoms. The summed E-state index contributed by atoms with van der Waals surface area (Å²) in [6.45, 7) is 3.79. The van der Waals surface area contributed by atoms with Crippen molar-refractivity contribution >= 4 is 34.0 Å². The number of benzene rings is 1. The smallest absolute Gasteiger partial charge is 0.264 e. The van der Waals surface area contributed by atoms with Crippen molar-refractivity contribution in [1.29, 1.82) is 0 Å². The third-order valence-corrected chi connectivity index (χ3v) is 6.89. The molecule has 2 N–H and O–H groups in total. The lowest BCUT2D eigenvalue weighted by Crippen LogP contribution is -2.48. The molecule has 3 aromatic rings. The van der Waals surface area contributed by atoms with Crippen molar-refractivity contribution < 1.29 is 4.79 Å². The Bertz CT molecular complexity index is 1020. The molecule has 0 saturated carbocycles. The molecular formula is C21H23N5OS. The second-order valence-corrected chi connectivity index (χ2v) is 8.66. The van der Waals surface area contributed by atoms with Crippen LogP contribution in [-0.2, 0) is 19.4 Å². The van der Waals surface area contributed by atoms with Crippen molar-refractivity contribution in [3.63, 3.8) is 0 Å². The lowest BCUT2D eigenvalue weighted by atomic mass is 10.2. The maximum Gasteiger partial charge on any atom is 0.264 e. The average Bonchev–Trinajstić information content (AvgIpc) is 3.30. The first-order valence-electron chi connectivity index (χ1n) is 9.82. The van der Waals surface area contributed by atoms with Crippen LogP contribution in [0.15, 0.2) is 30.3 Å². The van der Waals surface area contributed by atoms with Gasteiger partial charge in [0.25, 0.3) is 5.91 Å². The fourth-order valence-corrected chi connectivity index (χ4v) is 5.34. The molecule has 3 heterocycles. The van der Waals surface area contributed by atoms with Gasteiger partial charge in [0.05, 0.1) is 16.9 Å². The first kappa shape index (κ1) is 17.6. The molecule has 1 aliphatic carbocycles. The standard InChI is InChI=1S/C21H23N5OS/c22-20-15-5-1-2-6-16(15)23-19(24-20)13-25-8-10-26(11-9-25)21(27)18-12-14-4-3-7-17(14)28-18/h1-2,5-6,12H,3-4,7-11,13H2,(H2,22,23,24). The van der Waals surface area contributed by atoms with Crippen LogP contribution in [0.25, 0.3) is 10.9 Å². The van der Waals surface area contributed by atoms with Gasteiger partial charge in [0.15, 0.2) is 0 Å². The van der Waals surface area contributed by atoms with Gasteiger partial charge in [-0.3, -0.25) is 9.69 Å². The molecule has 6 nitrogen and oxygen atoms in total. The van der Waals surface area contributed by atoms with Crippen molar-refractivity contribution in [2.45, 2.75) is 25.8 Å². The number of carbonyl (C=O) groups is 1. The molecule has 1 saturated heterocycles. The normalized spacial score (nSPS) is 17.2. The quantitative estimate of drug-likeness (QED) is 0.741. The molecule has 2 aliphatic rings. The molecular weight excluding hydrogens is 370 g/mol. The maximum atomic E-state index is 12.8. The number of aryl methyl sites for hydroxylation is 2. The van der Waals surface area contributed by atoms with Crippen molar-refractivity contribution in [3.05, 3.63) is 51.5 Å². The number of nitrogen functional groups attached to an aromatic ring is 1. The van der Waals surface area contributed by atoms with E-state index in [4.69, 9.17) is 5.73 Å². The van der Waals surface area contributed by atoms with E-state index in [0.29, 0.717) is 12.4 Å². The lowest BCUT2D eigenvalue weighted by Gasteiger charge is -2.34. The number of hydrogen-bond acceptors (Lipinski definition) is 6. The van der Waals surface area contributed by atoms with Crippen molar-refractivity contribution in [1.82, 2.24) is 19.8 Å². The zero-order valence-corrected chi connectivity index (χ0v) is 16.5. The van der Waals surface area contributed by atoms with E-state index in [1.807, 2.05) is 29.2 Å². The highest BCUT2D eigenvalue weighted by atomic mass is 32.1. The second kappa shape index (κ2) is 7.14. The molecule has 2 aromatic heterocycles. The minimum atomic E-state index is 0.185. The molecule has 0 spiro atoms. The van der Waals surface area contributed by atoms with Crippen LogP contribution in [0.3, 0.4) is 0 Å². The minimum Gasteiger partial charge on any atom is -0.383 e. The highest BCUT2D eigenvalue weighted by Gasteiger charge is 2.26. The Labute approximate surface area is 168 Å². The number of thiophene rings is 1. The first-order chi connectivity index (χ1) is 13.7. The number of rotatable bonds is 3. The summed E-state index contributed by atoms with van der Waals surface area (Å²) in [5.74, 6) is 1.45. The number of nitrogens with two attached hydrogens (primary N) is 1. The van der Waals surface area contributed by atoms with E-state index in [0.717, 1.165) is 60.6 Å². The predicted octanol–water partition coefficient (Wildman–Crippen LogP) is 2.72. The van der Waals surface area contributed by atoms with E-state index in [1.165, 1.54) is 16.9 Å². The van der Waals surface area contributed by atoms with Crippen LogP contribution in [0.5, 0.6) is 0 Å². The zero-order chi connectivity index (χ0) is 19.1. The van der Waals surface area contributed by atoms with Gasteiger partial charge in [-0.2, -0.15) is 0 Å². The van der Waals surface area contributed by atoms with E-state index in [-0.39, 0.29) is 5.91 Å². The Hall–Kier alpha value is -2.51. The topological polar surface area (TPSA) is 75.3 Å². The van der Waals surface area contributed by atoms with Crippen LogP contribution in [0.4, 0.5) is 5.82 Å². The van der Waals surface area contributed by atoms with Crippen molar-refractivity contribution in [2.24, 2.45) is 0 Å². The number of aromatic nitrogens is 2. The molecule has 144 valence electrons. The van der Waals surface area contributed by atoms with Crippen LogP contribution in [0, 0.1) is 0 Å². The molecule has 28 heavy (non-hydrogen) atoms. The number of anilines is 1. The van der Waals surface area contributed by atoms with Gasteiger partial charge in [0.1, 0.15) is 11.6 Å². The van der Waals surface area contributed by atoms with Crippen LogP contribution in [0.1, 0.15) is 32.4 Å². The maximum absolute atomic E-state index is 12.8. The molecule has 0 radical (unpaired) electrons. The third kappa shape index (κ3) is 3.25. The Morgan fingerprint density at radius 1 is 1.11 bits per heavy atom. The molecule has 1 fully saturated rings. The average molecular weight is 394 g/mol. The number of fused-ring (bicyclic) bond motifs is 2. The van der Waals surface area contributed by atoms with E-state index in [2.05, 4.69) is 20.9 Å². The third-order valence-electron chi connectivity index (χ3n) is 5.66. The number of piperazine rings is 1. The second-order valence-electron chi connectivity index (χ2n) is 7.52. The van der Waals surface area contributed by atoms with Gasteiger partial charge in [-0.25, -0.2) is 9.97 Å². The summed E-state index contributed by atoms with van der Waals surface area (Å²) in [4.78, 5) is 28.5. The van der Waals surface area contributed by atoms with Crippen LogP contribution >= 0.6 is 11.3 Å². The highest BCUT2D eigenvalue weighted by Crippen LogP contribution is 2.31. The van der Waals surface area contributed by atoms with E-state index in [9.17, 15) is 4.79 Å². The summed E-state index contributed by atoms with van der Waals surface area (Å²) in [5.41, 5.74) is 8.36. The molecule has 1 aliphatic heterocycles. The van der Waals surface area contributed by atoms with Gasteiger partial charge < -0.3 is 10.6 Å². The van der Waals surface area contributed by atoms with E-state index in [1.54, 1.807) is 11.3 Å². The van der Waals surface area contributed by atoms with Gasteiger partial charge >= 0.3 is 0 Å². The number of amides is 1. The summed E-state index contributed by atoms with van der Waals surface area (Å²) in [7, 11) is 0. The number of carbonyl (C=O) groups excluding carboxylic acids is 1. The molecule has 0 unspecified atom stereocenters. The molecule has 5 rings (SSSR count). The fourth-order valence-electron chi connectivity index (χ4n) is 4.12.